The van der Waals surface area contributed by atoms with Gasteiger partial charge in [-0.2, -0.15) is 0 Å². The van der Waals surface area contributed by atoms with Gasteiger partial charge in [-0.25, -0.2) is 0 Å². The molecule has 0 aliphatic carbocycles. The van der Waals surface area contributed by atoms with Gasteiger partial charge >= 0.3 is 0 Å². The van der Waals surface area contributed by atoms with Gasteiger partial charge in [0.25, 0.3) is 0 Å². The molecule has 0 saturated carbocycles. The molecular formula is C21H21BrN2O3. The molecule has 0 bridgehead atoms. The van der Waals surface area contributed by atoms with Crippen molar-refractivity contribution >= 4 is 33.2 Å². The van der Waals surface area contributed by atoms with Gasteiger partial charge in [-0.1, -0.05) is 34.5 Å². The van der Waals surface area contributed by atoms with Gasteiger partial charge in [0.05, 0.1) is 6.54 Å². The Morgan fingerprint density at radius 3 is 2.70 bits per heavy atom. The maximum Gasteiger partial charge on any atom is 0.231 e. The molecule has 2 aliphatic rings. The van der Waals surface area contributed by atoms with Gasteiger partial charge in [0.15, 0.2) is 17.3 Å². The molecule has 0 unspecified atom stereocenters. The van der Waals surface area contributed by atoms with Crippen molar-refractivity contribution in [2.45, 2.75) is 25.7 Å². The molecule has 140 valence electrons. The number of hydrogen-bond acceptors (Lipinski definition) is 5. The molecule has 0 atom stereocenters. The Bertz CT molecular complexity index is 864. The van der Waals surface area contributed by atoms with E-state index >= 15 is 0 Å². The molecule has 2 aliphatic heterocycles. The van der Waals surface area contributed by atoms with Crippen LogP contribution in [0.3, 0.4) is 0 Å². The average molecular weight is 429 g/mol. The number of ether oxygens (including phenoxy) is 2. The van der Waals surface area contributed by atoms with Gasteiger partial charge in [-0.3, -0.25) is 9.79 Å². The zero-order chi connectivity index (χ0) is 18.6. The molecule has 27 heavy (non-hydrogen) atoms. The number of hydrogen-bond donors (Lipinski definition) is 0. The molecule has 2 aromatic rings. The van der Waals surface area contributed by atoms with Crippen molar-refractivity contribution in [3.05, 3.63) is 52.5 Å². The first kappa shape index (κ1) is 18.0. The predicted molar refractivity (Wildman–Crippen MR) is 109 cm³/mol. The van der Waals surface area contributed by atoms with Crippen molar-refractivity contribution in [3.63, 3.8) is 0 Å². The molecule has 0 N–H and O–H groups in total. The summed E-state index contributed by atoms with van der Waals surface area (Å²) in [6, 6.07) is 13.3. The van der Waals surface area contributed by atoms with E-state index in [0.717, 1.165) is 47.6 Å². The molecule has 0 fully saturated rings. The smallest absolute Gasteiger partial charge is 0.231 e. The quantitative estimate of drug-likeness (QED) is 0.653. The van der Waals surface area contributed by atoms with E-state index in [1.54, 1.807) is 0 Å². The van der Waals surface area contributed by atoms with Crippen LogP contribution in [-0.2, 0) is 0 Å². The lowest BCUT2D eigenvalue weighted by atomic mass is 10.1. The number of Topliss-reactive ketones (excluding diaryl/α,β-unsaturated/α-hetero) is 1. The number of benzene rings is 2. The number of rotatable bonds is 4. The third-order valence-electron chi connectivity index (χ3n) is 4.80. The summed E-state index contributed by atoms with van der Waals surface area (Å²) in [5.74, 6) is 2.48. The topological polar surface area (TPSA) is 51.1 Å². The van der Waals surface area contributed by atoms with Crippen LogP contribution in [0.5, 0.6) is 11.5 Å². The van der Waals surface area contributed by atoms with E-state index in [-0.39, 0.29) is 19.1 Å². The van der Waals surface area contributed by atoms with E-state index in [0.29, 0.717) is 11.3 Å². The third-order valence-corrected chi connectivity index (χ3v) is 5.33. The number of carbonyl (C=O) groups is 1. The summed E-state index contributed by atoms with van der Waals surface area (Å²) in [6.45, 7) is 1.29. The fraction of sp³-hybridized carbons (Fsp3) is 0.333. The first-order valence-electron chi connectivity index (χ1n) is 9.20. The Morgan fingerprint density at radius 1 is 1.04 bits per heavy atom. The van der Waals surface area contributed by atoms with Crippen molar-refractivity contribution in [1.29, 1.82) is 0 Å². The average Bonchev–Trinajstić information content (AvgIpc) is 2.99. The van der Waals surface area contributed by atoms with E-state index < -0.39 is 0 Å². The Labute approximate surface area is 167 Å². The van der Waals surface area contributed by atoms with Gasteiger partial charge in [-0.05, 0) is 37.1 Å². The SMILES string of the molecule is O=C(CN(C1=NCCCCC1)c1ccc2c(c1)OCO2)c1ccc(Br)cc1. The van der Waals surface area contributed by atoms with E-state index in [1.807, 2.05) is 47.4 Å². The summed E-state index contributed by atoms with van der Waals surface area (Å²) in [5.41, 5.74) is 1.60. The summed E-state index contributed by atoms with van der Waals surface area (Å²) >= 11 is 3.42. The monoisotopic (exact) mass is 428 g/mol. The zero-order valence-electron chi connectivity index (χ0n) is 15.0. The highest BCUT2D eigenvalue weighted by molar-refractivity contribution is 9.10. The number of amidine groups is 1. The summed E-state index contributed by atoms with van der Waals surface area (Å²) in [6.07, 6.45) is 4.23. The third kappa shape index (κ3) is 4.16. The van der Waals surface area contributed by atoms with Crippen LogP contribution in [0.25, 0.3) is 0 Å². The van der Waals surface area contributed by atoms with E-state index in [1.165, 1.54) is 6.42 Å². The molecule has 0 aromatic heterocycles. The van der Waals surface area contributed by atoms with Crippen molar-refractivity contribution < 1.29 is 14.3 Å². The maximum atomic E-state index is 12.9. The Kier molecular flexibility index (Phi) is 5.43. The molecular weight excluding hydrogens is 408 g/mol. The Balaban J connectivity index is 1.64. The summed E-state index contributed by atoms with van der Waals surface area (Å²) < 4.78 is 11.9. The molecule has 0 radical (unpaired) electrons. The molecule has 6 heteroatoms. The van der Waals surface area contributed by atoms with Crippen molar-refractivity contribution in [3.8, 4) is 11.5 Å². The zero-order valence-corrected chi connectivity index (χ0v) is 16.6. The van der Waals surface area contributed by atoms with E-state index in [2.05, 4.69) is 15.9 Å². The Hall–Kier alpha value is -2.34. The minimum Gasteiger partial charge on any atom is -0.454 e. The number of aliphatic imine (C=N–C) groups is 1. The second kappa shape index (κ2) is 8.13. The van der Waals surface area contributed by atoms with Crippen molar-refractivity contribution in [2.24, 2.45) is 4.99 Å². The first-order valence-corrected chi connectivity index (χ1v) is 9.99. The van der Waals surface area contributed by atoms with Crippen LogP contribution in [0.15, 0.2) is 51.9 Å². The lowest BCUT2D eigenvalue weighted by Crippen LogP contribution is -2.36. The van der Waals surface area contributed by atoms with E-state index in [4.69, 9.17) is 14.5 Å². The summed E-state index contributed by atoms with van der Waals surface area (Å²) in [4.78, 5) is 19.7. The standard InChI is InChI=1S/C21H21BrN2O3/c22-16-7-5-15(6-8-16)18(25)13-24(21-4-2-1-3-11-23-21)17-9-10-19-20(12-17)27-14-26-19/h5-10,12H,1-4,11,13-14H2. The van der Waals surface area contributed by atoms with Crippen molar-refractivity contribution in [2.75, 3.05) is 24.8 Å². The van der Waals surface area contributed by atoms with Crippen LogP contribution in [0, 0.1) is 0 Å². The first-order chi connectivity index (χ1) is 13.2. The second-order valence-corrected chi connectivity index (χ2v) is 7.58. The van der Waals surface area contributed by atoms with Gasteiger partial charge in [0.2, 0.25) is 6.79 Å². The fourth-order valence-corrected chi connectivity index (χ4v) is 3.60. The molecule has 2 aromatic carbocycles. The predicted octanol–water partition coefficient (Wildman–Crippen LogP) is 4.84. The fourth-order valence-electron chi connectivity index (χ4n) is 3.33. The molecule has 0 saturated heterocycles. The van der Waals surface area contributed by atoms with Crippen LogP contribution in [0.1, 0.15) is 36.0 Å². The van der Waals surface area contributed by atoms with Gasteiger partial charge < -0.3 is 14.4 Å². The van der Waals surface area contributed by atoms with Crippen LogP contribution in [-0.4, -0.2) is 31.5 Å². The lowest BCUT2D eigenvalue weighted by Gasteiger charge is -2.26. The number of fused-ring (bicyclic) bond motifs is 1. The largest absolute Gasteiger partial charge is 0.454 e. The number of halogens is 1. The highest BCUT2D eigenvalue weighted by Crippen LogP contribution is 2.36. The minimum absolute atomic E-state index is 0.0621. The highest BCUT2D eigenvalue weighted by Gasteiger charge is 2.22. The molecule has 0 spiro atoms. The summed E-state index contributed by atoms with van der Waals surface area (Å²) in [5, 5.41) is 0. The number of nitrogens with zero attached hydrogens (tertiary/aromatic N) is 2. The van der Waals surface area contributed by atoms with Crippen molar-refractivity contribution in [1.82, 2.24) is 0 Å². The normalized spacial score (nSPS) is 15.8. The van der Waals surface area contributed by atoms with Crippen LogP contribution in [0.4, 0.5) is 5.69 Å². The van der Waals surface area contributed by atoms with Crippen LogP contribution in [0.2, 0.25) is 0 Å². The highest BCUT2D eigenvalue weighted by atomic mass is 79.9. The Morgan fingerprint density at radius 2 is 1.85 bits per heavy atom. The number of anilines is 1. The number of ketones is 1. The lowest BCUT2D eigenvalue weighted by molar-refractivity contribution is 0.100. The van der Waals surface area contributed by atoms with Crippen LogP contribution < -0.4 is 14.4 Å². The molecule has 4 rings (SSSR count). The van der Waals surface area contributed by atoms with Gasteiger partial charge in [0.1, 0.15) is 5.84 Å². The van der Waals surface area contributed by atoms with Gasteiger partial charge in [0, 0.05) is 34.8 Å². The molecule has 2 heterocycles. The van der Waals surface area contributed by atoms with E-state index in [9.17, 15) is 4.79 Å². The van der Waals surface area contributed by atoms with Gasteiger partial charge in [-0.15, -0.1) is 0 Å². The molecule has 5 nitrogen and oxygen atoms in total. The number of carbonyl (C=O) groups excluding carboxylic acids is 1. The maximum absolute atomic E-state index is 12.9. The second-order valence-electron chi connectivity index (χ2n) is 6.66. The minimum atomic E-state index is 0.0621. The summed E-state index contributed by atoms with van der Waals surface area (Å²) in [7, 11) is 0. The molecule has 0 amide bonds. The van der Waals surface area contributed by atoms with Crippen LogP contribution >= 0.6 is 15.9 Å².